The van der Waals surface area contributed by atoms with Crippen LogP contribution in [0, 0.1) is 11.3 Å². The van der Waals surface area contributed by atoms with Crippen LogP contribution >= 0.6 is 0 Å². The summed E-state index contributed by atoms with van der Waals surface area (Å²) in [6, 6.07) is 7.82. The van der Waals surface area contributed by atoms with E-state index in [9.17, 15) is 18.3 Å². The van der Waals surface area contributed by atoms with Crippen molar-refractivity contribution in [2.75, 3.05) is 11.4 Å². The van der Waals surface area contributed by atoms with E-state index < -0.39 is 18.3 Å². The Morgan fingerprint density at radius 1 is 1.35 bits per heavy atom. The minimum Gasteiger partial charge on any atom is -0.382 e. The average Bonchev–Trinajstić information content (AvgIpc) is 3.01. The Kier molecular flexibility index (Phi) is 3.86. The van der Waals surface area contributed by atoms with Crippen molar-refractivity contribution in [2.45, 2.75) is 31.2 Å². The lowest BCUT2D eigenvalue weighted by atomic mass is 10.1. The molecule has 1 N–H and O–H groups in total. The number of rotatable bonds is 2. The number of pyridine rings is 1. The molecule has 2 heterocycles. The fraction of sp³-hybridized carbons (Fsp3) is 0.375. The Morgan fingerprint density at radius 2 is 2.13 bits per heavy atom. The van der Waals surface area contributed by atoms with Crippen LogP contribution in [0.15, 0.2) is 30.5 Å². The maximum absolute atomic E-state index is 12.8. The molecular formula is C16H14F3N3O. The highest BCUT2D eigenvalue weighted by atomic mass is 19.4. The number of anilines is 1. The van der Waals surface area contributed by atoms with Crippen molar-refractivity contribution >= 4 is 16.5 Å². The standard InChI is InChI=1S/C16H14F3N3O/c17-16(18,19)15(23)14-2-1-7-22(14)11-3-4-12-10(8-11)5-6-21-13(12)9-20/h3-6,8,14-15,23H,1-2,7H2/t14-,15-/m1/s1. The normalized spacial score (nSPS) is 19.8. The van der Waals surface area contributed by atoms with Crippen LogP contribution in [0.3, 0.4) is 0 Å². The first-order valence-corrected chi connectivity index (χ1v) is 7.22. The van der Waals surface area contributed by atoms with Crippen LogP contribution in [-0.2, 0) is 0 Å². The van der Waals surface area contributed by atoms with Gasteiger partial charge in [0.2, 0.25) is 0 Å². The second-order valence-electron chi connectivity index (χ2n) is 5.57. The number of aromatic nitrogens is 1. The van der Waals surface area contributed by atoms with Crippen LogP contribution in [0.25, 0.3) is 10.8 Å². The molecule has 7 heteroatoms. The van der Waals surface area contributed by atoms with Gasteiger partial charge in [-0.3, -0.25) is 0 Å². The largest absolute Gasteiger partial charge is 0.416 e. The third-order valence-electron chi connectivity index (χ3n) is 4.18. The number of benzene rings is 1. The monoisotopic (exact) mass is 321 g/mol. The predicted molar refractivity (Wildman–Crippen MR) is 78.9 cm³/mol. The van der Waals surface area contributed by atoms with Crippen LogP contribution in [0.1, 0.15) is 18.5 Å². The molecule has 1 saturated heterocycles. The van der Waals surface area contributed by atoms with Gasteiger partial charge in [-0.15, -0.1) is 0 Å². The van der Waals surface area contributed by atoms with E-state index in [4.69, 9.17) is 5.26 Å². The lowest BCUT2D eigenvalue weighted by Crippen LogP contribution is -2.47. The average molecular weight is 321 g/mol. The number of halogens is 3. The number of aliphatic hydroxyl groups excluding tert-OH is 1. The smallest absolute Gasteiger partial charge is 0.382 e. The molecule has 0 unspecified atom stereocenters. The van der Waals surface area contributed by atoms with E-state index in [1.807, 2.05) is 6.07 Å². The van der Waals surface area contributed by atoms with Crippen molar-refractivity contribution in [1.82, 2.24) is 4.98 Å². The summed E-state index contributed by atoms with van der Waals surface area (Å²) in [6.45, 7) is 0.458. The molecule has 1 aliphatic heterocycles. The Hall–Kier alpha value is -2.33. The molecule has 23 heavy (non-hydrogen) atoms. The van der Waals surface area contributed by atoms with Gasteiger partial charge in [-0.05, 0) is 42.5 Å². The van der Waals surface area contributed by atoms with E-state index in [1.54, 1.807) is 29.2 Å². The molecule has 4 nitrogen and oxygen atoms in total. The van der Waals surface area contributed by atoms with E-state index >= 15 is 0 Å². The molecule has 2 aromatic rings. The summed E-state index contributed by atoms with van der Waals surface area (Å²) in [5.74, 6) is 0. The zero-order valence-corrected chi connectivity index (χ0v) is 12.1. The Morgan fingerprint density at radius 3 is 2.83 bits per heavy atom. The van der Waals surface area contributed by atoms with Crippen LogP contribution in [0.2, 0.25) is 0 Å². The lowest BCUT2D eigenvalue weighted by molar-refractivity contribution is -0.209. The van der Waals surface area contributed by atoms with Crippen molar-refractivity contribution in [3.63, 3.8) is 0 Å². The molecule has 0 spiro atoms. The molecule has 0 bridgehead atoms. The van der Waals surface area contributed by atoms with Crippen LogP contribution in [-0.4, -0.2) is 35.0 Å². The van der Waals surface area contributed by atoms with Gasteiger partial charge in [0.1, 0.15) is 11.8 Å². The molecule has 1 fully saturated rings. The number of alkyl halides is 3. The minimum atomic E-state index is -4.64. The zero-order valence-electron chi connectivity index (χ0n) is 12.1. The maximum Gasteiger partial charge on any atom is 0.416 e. The number of fused-ring (bicyclic) bond motifs is 1. The van der Waals surface area contributed by atoms with Gasteiger partial charge in [0.05, 0.1) is 6.04 Å². The van der Waals surface area contributed by atoms with E-state index in [0.29, 0.717) is 30.5 Å². The van der Waals surface area contributed by atoms with Gasteiger partial charge >= 0.3 is 6.18 Å². The number of nitriles is 1. The number of nitrogens with zero attached hydrogens (tertiary/aromatic N) is 3. The van der Waals surface area contributed by atoms with Gasteiger partial charge in [0.15, 0.2) is 6.10 Å². The summed E-state index contributed by atoms with van der Waals surface area (Å²) in [5, 5.41) is 20.0. The molecule has 0 radical (unpaired) electrons. The van der Waals surface area contributed by atoms with E-state index in [-0.39, 0.29) is 5.69 Å². The SMILES string of the molecule is N#Cc1nccc2cc(N3CCC[C@@H]3[C@@H](O)C(F)(F)F)ccc12. The summed E-state index contributed by atoms with van der Waals surface area (Å²) < 4.78 is 38.5. The first kappa shape index (κ1) is 15.6. The second kappa shape index (κ2) is 5.70. The first-order valence-electron chi connectivity index (χ1n) is 7.22. The van der Waals surface area contributed by atoms with E-state index in [0.717, 1.165) is 5.39 Å². The highest BCUT2D eigenvalue weighted by Gasteiger charge is 2.47. The van der Waals surface area contributed by atoms with Crippen molar-refractivity contribution in [1.29, 1.82) is 5.26 Å². The molecule has 1 aromatic heterocycles. The quantitative estimate of drug-likeness (QED) is 0.924. The fourth-order valence-electron chi connectivity index (χ4n) is 3.09. The summed E-state index contributed by atoms with van der Waals surface area (Å²) in [6.07, 6.45) is -4.62. The molecule has 0 saturated carbocycles. The molecule has 0 aliphatic carbocycles. The predicted octanol–water partition coefficient (Wildman–Crippen LogP) is 3.00. The molecule has 1 aromatic carbocycles. The maximum atomic E-state index is 12.8. The fourth-order valence-corrected chi connectivity index (χ4v) is 3.09. The van der Waals surface area contributed by atoms with Gasteiger partial charge in [0, 0.05) is 23.8 Å². The highest BCUT2D eigenvalue weighted by molar-refractivity contribution is 5.89. The third-order valence-corrected chi connectivity index (χ3v) is 4.18. The van der Waals surface area contributed by atoms with Crippen molar-refractivity contribution in [3.8, 4) is 6.07 Å². The second-order valence-corrected chi connectivity index (χ2v) is 5.57. The molecule has 3 rings (SSSR count). The Bertz CT molecular complexity index is 769. The Labute approximate surface area is 130 Å². The molecule has 0 amide bonds. The zero-order chi connectivity index (χ0) is 16.6. The van der Waals surface area contributed by atoms with Crippen molar-refractivity contribution in [2.24, 2.45) is 0 Å². The summed E-state index contributed by atoms with van der Waals surface area (Å²) in [7, 11) is 0. The Balaban J connectivity index is 1.98. The summed E-state index contributed by atoms with van der Waals surface area (Å²) in [4.78, 5) is 5.55. The number of aliphatic hydroxyl groups is 1. The van der Waals surface area contributed by atoms with E-state index in [1.165, 1.54) is 6.20 Å². The van der Waals surface area contributed by atoms with Gasteiger partial charge < -0.3 is 10.0 Å². The lowest BCUT2D eigenvalue weighted by Gasteiger charge is -2.31. The van der Waals surface area contributed by atoms with Gasteiger partial charge in [-0.25, -0.2) is 4.98 Å². The first-order chi connectivity index (χ1) is 10.9. The van der Waals surface area contributed by atoms with Gasteiger partial charge in [-0.1, -0.05) is 0 Å². The third kappa shape index (κ3) is 2.82. The molecule has 120 valence electrons. The number of hydrogen-bond donors (Lipinski definition) is 1. The van der Waals surface area contributed by atoms with Crippen LogP contribution in [0.5, 0.6) is 0 Å². The highest BCUT2D eigenvalue weighted by Crippen LogP contribution is 2.35. The molecular weight excluding hydrogens is 307 g/mol. The number of hydrogen-bond acceptors (Lipinski definition) is 4. The topological polar surface area (TPSA) is 60.2 Å². The van der Waals surface area contributed by atoms with Crippen molar-refractivity contribution < 1.29 is 18.3 Å². The van der Waals surface area contributed by atoms with Crippen LogP contribution in [0.4, 0.5) is 18.9 Å². The molecule has 1 aliphatic rings. The molecule has 2 atom stereocenters. The summed E-state index contributed by atoms with van der Waals surface area (Å²) >= 11 is 0. The van der Waals surface area contributed by atoms with Crippen LogP contribution < -0.4 is 4.90 Å². The van der Waals surface area contributed by atoms with E-state index in [2.05, 4.69) is 4.98 Å². The van der Waals surface area contributed by atoms with Gasteiger partial charge in [0.25, 0.3) is 0 Å². The minimum absolute atomic E-state index is 0.280. The van der Waals surface area contributed by atoms with Crippen molar-refractivity contribution in [3.05, 3.63) is 36.2 Å². The summed E-state index contributed by atoms with van der Waals surface area (Å²) in [5.41, 5.74) is 0.890. The van der Waals surface area contributed by atoms with Gasteiger partial charge in [-0.2, -0.15) is 18.4 Å².